The maximum Gasteiger partial charge on any atom is 0.0846 e. The van der Waals surface area contributed by atoms with Gasteiger partial charge in [0.05, 0.1) is 5.60 Å². The first-order chi connectivity index (χ1) is 11.6. The third-order valence-electron chi connectivity index (χ3n) is 4.64. The molecule has 0 bridgehead atoms. The van der Waals surface area contributed by atoms with Crippen LogP contribution in [-0.4, -0.2) is 5.11 Å². The molecule has 0 unspecified atom stereocenters. The van der Waals surface area contributed by atoms with Crippen LogP contribution in [0.5, 0.6) is 0 Å². The zero-order valence-corrected chi connectivity index (χ0v) is 14.0. The Morgan fingerprint density at radius 3 is 1.96 bits per heavy atom. The quantitative estimate of drug-likeness (QED) is 0.458. The van der Waals surface area contributed by atoms with E-state index < -0.39 is 5.60 Å². The maximum atomic E-state index is 10.6. The Hall–Kier alpha value is -2.64. The predicted molar refractivity (Wildman–Crippen MR) is 102 cm³/mol. The fraction of sp³-hybridized carbons (Fsp3) is 0.130. The summed E-state index contributed by atoms with van der Waals surface area (Å²) in [6.07, 6.45) is 0. The maximum absolute atomic E-state index is 10.6. The van der Waals surface area contributed by atoms with Crippen LogP contribution >= 0.6 is 0 Å². The van der Waals surface area contributed by atoms with Gasteiger partial charge in [-0.15, -0.1) is 0 Å². The van der Waals surface area contributed by atoms with E-state index in [1.165, 1.54) is 27.1 Å². The van der Waals surface area contributed by atoms with E-state index in [-0.39, 0.29) is 0 Å². The summed E-state index contributed by atoms with van der Waals surface area (Å²) in [6, 6.07) is 27.4. The summed E-state index contributed by atoms with van der Waals surface area (Å²) in [7, 11) is 0. The molecular formula is C23H20O. The summed E-state index contributed by atoms with van der Waals surface area (Å²) in [6.45, 7) is 3.68. The van der Waals surface area contributed by atoms with Gasteiger partial charge in [0.2, 0.25) is 0 Å². The van der Waals surface area contributed by atoms with Crippen molar-refractivity contribution in [2.45, 2.75) is 19.4 Å². The normalized spacial score (nSPS) is 12.0. The molecule has 0 amide bonds. The topological polar surface area (TPSA) is 20.2 Å². The van der Waals surface area contributed by atoms with Crippen LogP contribution in [0.25, 0.3) is 32.7 Å². The van der Waals surface area contributed by atoms with Gasteiger partial charge in [0.1, 0.15) is 0 Å². The molecule has 0 aromatic heterocycles. The summed E-state index contributed by atoms with van der Waals surface area (Å²) < 4.78 is 0. The number of fused-ring (bicyclic) bond motifs is 3. The number of aliphatic hydroxyl groups is 1. The van der Waals surface area contributed by atoms with Crippen molar-refractivity contribution in [2.24, 2.45) is 0 Å². The first kappa shape index (κ1) is 14.9. The van der Waals surface area contributed by atoms with Gasteiger partial charge in [-0.1, -0.05) is 72.8 Å². The molecule has 1 N–H and O–H groups in total. The highest BCUT2D eigenvalue weighted by Crippen LogP contribution is 2.38. The van der Waals surface area contributed by atoms with E-state index in [0.29, 0.717) is 0 Å². The lowest BCUT2D eigenvalue weighted by Crippen LogP contribution is -2.16. The summed E-state index contributed by atoms with van der Waals surface area (Å²) in [5.74, 6) is 0. The van der Waals surface area contributed by atoms with Gasteiger partial charge in [-0.25, -0.2) is 0 Å². The molecule has 0 heterocycles. The average molecular weight is 312 g/mol. The van der Waals surface area contributed by atoms with E-state index in [1.54, 1.807) is 0 Å². The highest BCUT2D eigenvalue weighted by molar-refractivity contribution is 6.13. The molecule has 0 saturated heterocycles. The molecule has 0 aliphatic heterocycles. The van der Waals surface area contributed by atoms with Crippen molar-refractivity contribution in [3.8, 4) is 11.1 Å². The largest absolute Gasteiger partial charge is 0.386 e. The van der Waals surface area contributed by atoms with Gasteiger partial charge in [0.25, 0.3) is 0 Å². The second-order valence-electron chi connectivity index (χ2n) is 6.80. The summed E-state index contributed by atoms with van der Waals surface area (Å²) in [5, 5.41) is 15.6. The van der Waals surface area contributed by atoms with Gasteiger partial charge in [-0.05, 0) is 58.1 Å². The zero-order valence-electron chi connectivity index (χ0n) is 14.0. The lowest BCUT2D eigenvalue weighted by Gasteiger charge is -2.23. The number of hydrogen-bond donors (Lipinski definition) is 1. The van der Waals surface area contributed by atoms with Crippen molar-refractivity contribution >= 4 is 21.5 Å². The molecule has 4 aromatic carbocycles. The van der Waals surface area contributed by atoms with Crippen LogP contribution in [0.4, 0.5) is 0 Å². The minimum absolute atomic E-state index is 0.886. The van der Waals surface area contributed by atoms with Crippen molar-refractivity contribution in [1.82, 2.24) is 0 Å². The highest BCUT2D eigenvalue weighted by atomic mass is 16.3. The molecule has 0 atom stereocenters. The van der Waals surface area contributed by atoms with Crippen LogP contribution < -0.4 is 0 Å². The Morgan fingerprint density at radius 2 is 1.21 bits per heavy atom. The van der Waals surface area contributed by atoms with Crippen LogP contribution in [0.3, 0.4) is 0 Å². The molecule has 0 radical (unpaired) electrons. The van der Waals surface area contributed by atoms with Crippen LogP contribution in [0, 0.1) is 0 Å². The molecule has 1 heteroatoms. The first-order valence-electron chi connectivity index (χ1n) is 8.28. The monoisotopic (exact) mass is 312 g/mol. The van der Waals surface area contributed by atoms with E-state index >= 15 is 0 Å². The molecule has 0 spiro atoms. The number of rotatable bonds is 2. The van der Waals surface area contributed by atoms with Crippen LogP contribution in [0.2, 0.25) is 0 Å². The van der Waals surface area contributed by atoms with E-state index in [2.05, 4.69) is 60.7 Å². The first-order valence-corrected chi connectivity index (χ1v) is 8.28. The molecule has 0 saturated carbocycles. The zero-order chi connectivity index (χ0) is 16.7. The molecule has 0 aliphatic rings. The van der Waals surface area contributed by atoms with Crippen molar-refractivity contribution in [3.05, 3.63) is 84.4 Å². The van der Waals surface area contributed by atoms with Gasteiger partial charge in [0, 0.05) is 0 Å². The van der Waals surface area contributed by atoms with Gasteiger partial charge in [0.15, 0.2) is 0 Å². The Labute approximate surface area is 142 Å². The molecular weight excluding hydrogens is 292 g/mol. The third-order valence-corrected chi connectivity index (χ3v) is 4.64. The summed E-state index contributed by atoms with van der Waals surface area (Å²) in [5.41, 5.74) is 2.32. The van der Waals surface area contributed by atoms with Crippen LogP contribution in [-0.2, 0) is 5.60 Å². The smallest absolute Gasteiger partial charge is 0.0846 e. The van der Waals surface area contributed by atoms with Crippen molar-refractivity contribution < 1.29 is 5.11 Å². The van der Waals surface area contributed by atoms with E-state index in [0.717, 1.165) is 11.1 Å². The van der Waals surface area contributed by atoms with Crippen molar-refractivity contribution in [3.63, 3.8) is 0 Å². The molecule has 118 valence electrons. The highest BCUT2D eigenvalue weighted by Gasteiger charge is 2.21. The van der Waals surface area contributed by atoms with Crippen LogP contribution in [0.1, 0.15) is 19.4 Å². The number of hydrogen-bond acceptors (Lipinski definition) is 1. The molecule has 4 rings (SSSR count). The Balaban J connectivity index is 2.15. The predicted octanol–water partition coefficient (Wildman–Crippen LogP) is 5.89. The average Bonchev–Trinajstić information content (AvgIpc) is 2.60. The third kappa shape index (κ3) is 2.38. The number of benzene rings is 4. The fourth-order valence-corrected chi connectivity index (χ4v) is 3.53. The Bertz CT molecular complexity index is 1040. The molecule has 1 nitrogen and oxygen atoms in total. The standard InChI is InChI=1S/C23H20O/c1-23(2,24)22-14-8-7-13-20(22)21-15-16-9-3-4-10-17(16)18-11-5-6-12-19(18)21/h3-15,24H,1-2H3. The van der Waals surface area contributed by atoms with E-state index in [9.17, 15) is 5.11 Å². The van der Waals surface area contributed by atoms with Gasteiger partial charge < -0.3 is 5.11 Å². The fourth-order valence-electron chi connectivity index (χ4n) is 3.53. The van der Waals surface area contributed by atoms with Crippen LogP contribution in [0.15, 0.2) is 78.9 Å². The minimum Gasteiger partial charge on any atom is -0.386 e. The van der Waals surface area contributed by atoms with Gasteiger partial charge in [-0.2, -0.15) is 0 Å². The second kappa shape index (κ2) is 5.47. The summed E-state index contributed by atoms with van der Waals surface area (Å²) >= 11 is 0. The molecule has 0 aliphatic carbocycles. The molecule has 24 heavy (non-hydrogen) atoms. The van der Waals surface area contributed by atoms with Crippen molar-refractivity contribution in [1.29, 1.82) is 0 Å². The van der Waals surface area contributed by atoms with Gasteiger partial charge >= 0.3 is 0 Å². The van der Waals surface area contributed by atoms with Gasteiger partial charge in [-0.3, -0.25) is 0 Å². The SMILES string of the molecule is CC(C)(O)c1ccccc1-c1cc2ccccc2c2ccccc12. The van der Waals surface area contributed by atoms with E-state index in [1.807, 2.05) is 32.0 Å². The summed E-state index contributed by atoms with van der Waals surface area (Å²) in [4.78, 5) is 0. The second-order valence-corrected chi connectivity index (χ2v) is 6.80. The molecule has 4 aromatic rings. The lowest BCUT2D eigenvalue weighted by atomic mass is 9.86. The Morgan fingerprint density at radius 1 is 0.625 bits per heavy atom. The molecule has 0 fully saturated rings. The lowest BCUT2D eigenvalue weighted by molar-refractivity contribution is 0.0792. The van der Waals surface area contributed by atoms with E-state index in [4.69, 9.17) is 0 Å². The van der Waals surface area contributed by atoms with Crippen molar-refractivity contribution in [2.75, 3.05) is 0 Å². The minimum atomic E-state index is -0.886. The Kier molecular flexibility index (Phi) is 3.40.